The van der Waals surface area contributed by atoms with Crippen molar-refractivity contribution in [2.45, 2.75) is 52.0 Å². The Morgan fingerprint density at radius 3 is 2.70 bits per heavy atom. The quantitative estimate of drug-likeness (QED) is 0.457. The minimum Gasteiger partial charge on any atom is -0.321 e. The monoisotopic (exact) mass is 420 g/mol. The summed E-state index contributed by atoms with van der Waals surface area (Å²) in [6.07, 6.45) is 7.88. The van der Waals surface area contributed by atoms with E-state index in [1.165, 1.54) is 37.5 Å². The van der Waals surface area contributed by atoms with E-state index < -0.39 is 0 Å². The van der Waals surface area contributed by atoms with Crippen LogP contribution in [0.2, 0.25) is 0 Å². The van der Waals surface area contributed by atoms with Gasteiger partial charge >= 0.3 is 0 Å². The number of aryl methyl sites for hydroxylation is 1. The average Bonchev–Trinajstić information content (AvgIpc) is 3.43. The lowest BCUT2D eigenvalue weighted by Gasteiger charge is -2.22. The Morgan fingerprint density at radius 2 is 1.93 bits per heavy atom. The van der Waals surface area contributed by atoms with E-state index in [0.717, 1.165) is 45.3 Å². The predicted octanol–water partition coefficient (Wildman–Crippen LogP) is 5.78. The van der Waals surface area contributed by atoms with Crippen molar-refractivity contribution in [1.82, 2.24) is 14.3 Å². The van der Waals surface area contributed by atoms with Gasteiger partial charge in [0.05, 0.1) is 22.1 Å². The molecular formula is C23H24N4O2S. The SMILES string of the molecule is CC(=O)n1ccc2cc(NC(=O)c3cc4c(C)nn(C5CCCCC5)c4s3)ccc21. The Labute approximate surface area is 178 Å². The smallest absolute Gasteiger partial charge is 0.265 e. The van der Waals surface area contributed by atoms with Crippen molar-refractivity contribution in [2.24, 2.45) is 0 Å². The van der Waals surface area contributed by atoms with Crippen LogP contribution in [0.3, 0.4) is 0 Å². The number of rotatable bonds is 3. The van der Waals surface area contributed by atoms with Crippen molar-refractivity contribution in [3.05, 3.63) is 47.1 Å². The first kappa shape index (κ1) is 19.1. The van der Waals surface area contributed by atoms with Gasteiger partial charge in [-0.3, -0.25) is 18.8 Å². The molecule has 1 aliphatic rings. The molecule has 1 aliphatic carbocycles. The van der Waals surface area contributed by atoms with Crippen LogP contribution < -0.4 is 5.32 Å². The molecule has 5 rings (SSSR count). The molecule has 1 saturated carbocycles. The van der Waals surface area contributed by atoms with Gasteiger partial charge in [-0.1, -0.05) is 19.3 Å². The van der Waals surface area contributed by atoms with Crippen LogP contribution in [0, 0.1) is 6.92 Å². The molecule has 1 aromatic carbocycles. The van der Waals surface area contributed by atoms with Gasteiger partial charge in [0.25, 0.3) is 5.91 Å². The normalized spacial score (nSPS) is 15.1. The minimum atomic E-state index is -0.115. The second-order valence-corrected chi connectivity index (χ2v) is 9.11. The Morgan fingerprint density at radius 1 is 1.13 bits per heavy atom. The van der Waals surface area contributed by atoms with Crippen LogP contribution in [0.1, 0.15) is 65.2 Å². The lowest BCUT2D eigenvalue weighted by molar-refractivity contribution is 0.0941. The number of benzene rings is 1. The van der Waals surface area contributed by atoms with E-state index >= 15 is 0 Å². The van der Waals surface area contributed by atoms with E-state index in [1.54, 1.807) is 10.8 Å². The highest BCUT2D eigenvalue weighted by atomic mass is 32.1. The van der Waals surface area contributed by atoms with Gasteiger partial charge in [-0.05, 0) is 50.1 Å². The molecule has 30 heavy (non-hydrogen) atoms. The molecule has 4 aromatic rings. The highest BCUT2D eigenvalue weighted by Crippen LogP contribution is 2.35. The number of carbonyl (C=O) groups excluding carboxylic acids is 2. The summed E-state index contributed by atoms with van der Waals surface area (Å²) in [4.78, 5) is 26.4. The second-order valence-electron chi connectivity index (χ2n) is 8.08. The van der Waals surface area contributed by atoms with E-state index in [1.807, 2.05) is 37.3 Å². The van der Waals surface area contributed by atoms with Crippen LogP contribution in [-0.4, -0.2) is 26.2 Å². The lowest BCUT2D eigenvalue weighted by Crippen LogP contribution is -2.14. The molecule has 3 aromatic heterocycles. The summed E-state index contributed by atoms with van der Waals surface area (Å²) in [6, 6.07) is 9.88. The third kappa shape index (κ3) is 3.23. The number of amides is 1. The molecule has 0 bridgehead atoms. The third-order valence-electron chi connectivity index (χ3n) is 6.00. The van der Waals surface area contributed by atoms with Crippen molar-refractivity contribution in [1.29, 1.82) is 0 Å². The summed E-state index contributed by atoms with van der Waals surface area (Å²) in [5, 5.41) is 9.77. The number of nitrogens with one attached hydrogen (secondary N) is 1. The van der Waals surface area contributed by atoms with Gasteiger partial charge < -0.3 is 5.32 Å². The highest BCUT2D eigenvalue weighted by molar-refractivity contribution is 7.20. The Kier molecular flexibility index (Phi) is 4.70. The van der Waals surface area contributed by atoms with Gasteiger partial charge in [0, 0.05) is 29.6 Å². The maximum atomic E-state index is 12.9. The van der Waals surface area contributed by atoms with Crippen molar-refractivity contribution in [3.8, 4) is 0 Å². The largest absolute Gasteiger partial charge is 0.321 e. The van der Waals surface area contributed by atoms with Crippen molar-refractivity contribution in [3.63, 3.8) is 0 Å². The molecule has 3 heterocycles. The number of nitrogens with zero attached hydrogens (tertiary/aromatic N) is 3. The fraction of sp³-hybridized carbons (Fsp3) is 0.348. The molecule has 0 aliphatic heterocycles. The molecule has 0 spiro atoms. The first-order valence-corrected chi connectivity index (χ1v) is 11.2. The molecule has 1 fully saturated rings. The number of anilines is 1. The van der Waals surface area contributed by atoms with Crippen LogP contribution in [-0.2, 0) is 0 Å². The zero-order chi connectivity index (χ0) is 20.8. The summed E-state index contributed by atoms with van der Waals surface area (Å²) < 4.78 is 3.76. The van der Waals surface area contributed by atoms with Crippen molar-refractivity contribution >= 4 is 50.0 Å². The molecule has 1 amide bonds. The highest BCUT2D eigenvalue weighted by Gasteiger charge is 2.22. The van der Waals surface area contributed by atoms with E-state index in [-0.39, 0.29) is 11.8 Å². The number of hydrogen-bond acceptors (Lipinski definition) is 4. The third-order valence-corrected chi connectivity index (χ3v) is 7.12. The summed E-state index contributed by atoms with van der Waals surface area (Å²) in [5.74, 6) is -0.148. The topological polar surface area (TPSA) is 68.9 Å². The summed E-state index contributed by atoms with van der Waals surface area (Å²) in [7, 11) is 0. The van der Waals surface area contributed by atoms with Crippen LogP contribution in [0.4, 0.5) is 5.69 Å². The zero-order valence-corrected chi connectivity index (χ0v) is 18.0. The van der Waals surface area contributed by atoms with E-state index in [0.29, 0.717) is 10.9 Å². The predicted molar refractivity (Wildman–Crippen MR) is 121 cm³/mol. The second kappa shape index (κ2) is 7.40. The summed E-state index contributed by atoms with van der Waals surface area (Å²) in [5.41, 5.74) is 2.54. The fourth-order valence-corrected chi connectivity index (χ4v) is 5.57. The van der Waals surface area contributed by atoms with Gasteiger partial charge in [-0.2, -0.15) is 5.10 Å². The van der Waals surface area contributed by atoms with Gasteiger partial charge in [-0.15, -0.1) is 11.3 Å². The van der Waals surface area contributed by atoms with Crippen LogP contribution in [0.15, 0.2) is 36.5 Å². The van der Waals surface area contributed by atoms with Crippen molar-refractivity contribution in [2.75, 3.05) is 5.32 Å². The lowest BCUT2D eigenvalue weighted by atomic mass is 9.96. The van der Waals surface area contributed by atoms with Crippen LogP contribution >= 0.6 is 11.3 Å². The average molecular weight is 421 g/mol. The number of thiophene rings is 1. The molecular weight excluding hydrogens is 396 g/mol. The first-order chi connectivity index (χ1) is 14.5. The molecule has 6 nitrogen and oxygen atoms in total. The molecule has 7 heteroatoms. The van der Waals surface area contributed by atoms with E-state index in [2.05, 4.69) is 10.00 Å². The minimum absolute atomic E-state index is 0.0329. The van der Waals surface area contributed by atoms with Gasteiger partial charge in [-0.25, -0.2) is 0 Å². The number of carbonyl (C=O) groups is 2. The van der Waals surface area contributed by atoms with Crippen LogP contribution in [0.5, 0.6) is 0 Å². The molecule has 154 valence electrons. The number of hydrogen-bond donors (Lipinski definition) is 1. The summed E-state index contributed by atoms with van der Waals surface area (Å²) in [6.45, 7) is 3.55. The maximum Gasteiger partial charge on any atom is 0.265 e. The summed E-state index contributed by atoms with van der Waals surface area (Å²) >= 11 is 1.52. The molecule has 1 N–H and O–H groups in total. The Balaban J connectivity index is 1.42. The maximum absolute atomic E-state index is 12.9. The Bertz CT molecular complexity index is 1270. The van der Waals surface area contributed by atoms with Crippen molar-refractivity contribution < 1.29 is 9.59 Å². The molecule has 0 radical (unpaired) electrons. The first-order valence-electron chi connectivity index (χ1n) is 10.4. The van der Waals surface area contributed by atoms with Gasteiger partial charge in [0.1, 0.15) is 4.83 Å². The van der Waals surface area contributed by atoms with E-state index in [9.17, 15) is 9.59 Å². The molecule has 0 atom stereocenters. The molecule has 0 saturated heterocycles. The van der Waals surface area contributed by atoms with Crippen LogP contribution in [0.25, 0.3) is 21.1 Å². The van der Waals surface area contributed by atoms with Gasteiger partial charge in [0.15, 0.2) is 0 Å². The van der Waals surface area contributed by atoms with E-state index in [4.69, 9.17) is 5.10 Å². The zero-order valence-electron chi connectivity index (χ0n) is 17.1. The Hall–Kier alpha value is -2.93. The van der Waals surface area contributed by atoms with Gasteiger partial charge in [0.2, 0.25) is 5.91 Å². The number of aromatic nitrogens is 3. The molecule has 0 unspecified atom stereocenters. The standard InChI is InChI=1S/C23H24N4O2S/c1-14-19-13-21(30-23(19)27(25-14)18-6-4-3-5-7-18)22(29)24-17-8-9-20-16(12-17)10-11-26(20)15(2)28/h8-13,18H,3-7H2,1-2H3,(H,24,29). The fourth-order valence-electron chi connectivity index (χ4n) is 4.44. The number of fused-ring (bicyclic) bond motifs is 2.